The minimum Gasteiger partial charge on any atom is -0.348 e. The van der Waals surface area contributed by atoms with Crippen molar-refractivity contribution in [3.05, 3.63) is 35.9 Å². The van der Waals surface area contributed by atoms with Crippen molar-refractivity contribution < 1.29 is 4.79 Å². The first-order valence-corrected chi connectivity index (χ1v) is 6.77. The van der Waals surface area contributed by atoms with Crippen LogP contribution in [-0.4, -0.2) is 11.4 Å². The van der Waals surface area contributed by atoms with E-state index in [0.717, 1.165) is 31.2 Å². The Morgan fingerprint density at radius 1 is 1.21 bits per heavy atom. The fourth-order valence-corrected chi connectivity index (χ4v) is 2.58. The molecule has 3 N–H and O–H groups in total. The van der Waals surface area contributed by atoms with Gasteiger partial charge in [0.05, 0.1) is 11.6 Å². The Balaban J connectivity index is 0.00000180. The second-order valence-corrected chi connectivity index (χ2v) is 5.32. The van der Waals surface area contributed by atoms with Crippen LogP contribution >= 0.6 is 12.4 Å². The lowest BCUT2D eigenvalue weighted by molar-refractivity contribution is -0.128. The summed E-state index contributed by atoms with van der Waals surface area (Å²) in [4.78, 5) is 12.3. The van der Waals surface area contributed by atoms with Gasteiger partial charge in [0.25, 0.3) is 0 Å². The maximum Gasteiger partial charge on any atom is 0.240 e. The number of carbonyl (C=O) groups excluding carboxylic acids is 1. The van der Waals surface area contributed by atoms with E-state index in [-0.39, 0.29) is 24.4 Å². The van der Waals surface area contributed by atoms with E-state index in [1.54, 1.807) is 0 Å². The summed E-state index contributed by atoms with van der Waals surface area (Å²) >= 11 is 0. The van der Waals surface area contributed by atoms with E-state index in [9.17, 15) is 4.79 Å². The molecule has 106 valence electrons. The largest absolute Gasteiger partial charge is 0.348 e. The van der Waals surface area contributed by atoms with Crippen molar-refractivity contribution >= 4 is 18.3 Å². The first kappa shape index (κ1) is 16.0. The summed E-state index contributed by atoms with van der Waals surface area (Å²) in [5.74, 6) is -0.00134. The number of benzene rings is 1. The fourth-order valence-electron chi connectivity index (χ4n) is 2.58. The van der Waals surface area contributed by atoms with Crippen LogP contribution < -0.4 is 11.1 Å². The van der Waals surface area contributed by atoms with Crippen LogP contribution in [0.4, 0.5) is 0 Å². The van der Waals surface area contributed by atoms with E-state index in [4.69, 9.17) is 5.73 Å². The van der Waals surface area contributed by atoms with E-state index < -0.39 is 5.54 Å². The molecule has 2 rings (SSSR count). The van der Waals surface area contributed by atoms with Gasteiger partial charge in [-0.25, -0.2) is 0 Å². The highest BCUT2D eigenvalue weighted by Gasteiger charge is 2.35. The average molecular weight is 283 g/mol. The molecule has 1 aromatic rings. The summed E-state index contributed by atoms with van der Waals surface area (Å²) in [6, 6.07) is 10.0. The molecule has 1 aliphatic rings. The van der Waals surface area contributed by atoms with Gasteiger partial charge >= 0.3 is 0 Å². The third-order valence-corrected chi connectivity index (χ3v) is 3.85. The van der Waals surface area contributed by atoms with E-state index in [1.807, 2.05) is 37.3 Å². The number of nitrogens with two attached hydrogens (primary N) is 1. The molecule has 19 heavy (non-hydrogen) atoms. The summed E-state index contributed by atoms with van der Waals surface area (Å²) in [6.07, 6.45) is 4.93. The molecular formula is C15H23ClN2O. The SMILES string of the molecule is C[C@@H](NC(=O)C1(N)CCCCC1)c1ccccc1.Cl. The van der Waals surface area contributed by atoms with Gasteiger partial charge in [0.2, 0.25) is 5.91 Å². The normalized spacial score (nSPS) is 19.1. The van der Waals surface area contributed by atoms with Gasteiger partial charge in [0.1, 0.15) is 0 Å². The summed E-state index contributed by atoms with van der Waals surface area (Å²) in [6.45, 7) is 2.00. The van der Waals surface area contributed by atoms with E-state index in [0.29, 0.717) is 0 Å². The van der Waals surface area contributed by atoms with Crippen molar-refractivity contribution in [1.82, 2.24) is 5.32 Å². The third-order valence-electron chi connectivity index (χ3n) is 3.85. The molecule has 1 fully saturated rings. The van der Waals surface area contributed by atoms with Gasteiger partial charge in [0.15, 0.2) is 0 Å². The Hall–Kier alpha value is -1.06. The lowest BCUT2D eigenvalue weighted by atomic mass is 9.81. The third kappa shape index (κ3) is 3.95. The molecule has 0 spiro atoms. The zero-order valence-corrected chi connectivity index (χ0v) is 12.2. The van der Waals surface area contributed by atoms with Crippen molar-refractivity contribution in [2.24, 2.45) is 5.73 Å². The van der Waals surface area contributed by atoms with Crippen molar-refractivity contribution in [2.45, 2.75) is 50.6 Å². The first-order valence-electron chi connectivity index (χ1n) is 6.77. The Labute approximate surface area is 121 Å². The Morgan fingerprint density at radius 2 is 1.79 bits per heavy atom. The van der Waals surface area contributed by atoms with Crippen molar-refractivity contribution in [2.75, 3.05) is 0 Å². The van der Waals surface area contributed by atoms with Crippen molar-refractivity contribution in [3.8, 4) is 0 Å². The molecule has 0 unspecified atom stereocenters. The van der Waals surface area contributed by atoms with Gasteiger partial charge in [-0.3, -0.25) is 4.79 Å². The van der Waals surface area contributed by atoms with Crippen LogP contribution in [0.5, 0.6) is 0 Å². The smallest absolute Gasteiger partial charge is 0.240 e. The molecule has 0 saturated heterocycles. The number of amides is 1. The summed E-state index contributed by atoms with van der Waals surface area (Å²) in [5, 5.41) is 3.04. The fraction of sp³-hybridized carbons (Fsp3) is 0.533. The number of rotatable bonds is 3. The average Bonchev–Trinajstić information content (AvgIpc) is 2.40. The number of halogens is 1. The number of carbonyl (C=O) groups is 1. The highest BCUT2D eigenvalue weighted by atomic mass is 35.5. The summed E-state index contributed by atoms with van der Waals surface area (Å²) < 4.78 is 0. The van der Waals surface area contributed by atoms with Crippen LogP contribution in [0.15, 0.2) is 30.3 Å². The van der Waals surface area contributed by atoms with Crippen molar-refractivity contribution in [1.29, 1.82) is 0 Å². The maximum absolute atomic E-state index is 12.3. The standard InChI is InChI=1S/C15H22N2O.ClH/c1-12(13-8-4-2-5-9-13)17-14(18)15(16)10-6-3-7-11-15;/h2,4-5,8-9,12H,3,6-7,10-11,16H2,1H3,(H,17,18);1H/t12-;/m1./s1. The monoisotopic (exact) mass is 282 g/mol. The minimum absolute atomic E-state index is 0. The van der Waals surface area contributed by atoms with Gasteiger partial charge in [-0.15, -0.1) is 12.4 Å². The highest BCUT2D eigenvalue weighted by Crippen LogP contribution is 2.26. The van der Waals surface area contributed by atoms with E-state index >= 15 is 0 Å². The molecule has 4 heteroatoms. The summed E-state index contributed by atoms with van der Waals surface area (Å²) in [7, 11) is 0. The topological polar surface area (TPSA) is 55.1 Å². The first-order chi connectivity index (χ1) is 8.62. The number of hydrogen-bond donors (Lipinski definition) is 2. The summed E-state index contributed by atoms with van der Waals surface area (Å²) in [5.41, 5.74) is 6.68. The Morgan fingerprint density at radius 3 is 2.37 bits per heavy atom. The van der Waals surface area contributed by atoms with Crippen molar-refractivity contribution in [3.63, 3.8) is 0 Å². The zero-order chi connectivity index (χ0) is 13.0. The lowest BCUT2D eigenvalue weighted by Gasteiger charge is -2.33. The number of nitrogens with one attached hydrogen (secondary N) is 1. The second-order valence-electron chi connectivity index (χ2n) is 5.32. The Bertz CT molecular complexity index is 402. The van der Waals surface area contributed by atoms with Crippen LogP contribution in [0.2, 0.25) is 0 Å². The van der Waals surface area contributed by atoms with Crippen LogP contribution in [0.25, 0.3) is 0 Å². The molecule has 0 bridgehead atoms. The highest BCUT2D eigenvalue weighted by molar-refractivity contribution is 5.86. The van der Waals surface area contributed by atoms with E-state index in [1.165, 1.54) is 6.42 Å². The van der Waals surface area contributed by atoms with Crippen LogP contribution in [-0.2, 0) is 4.79 Å². The molecule has 1 saturated carbocycles. The molecule has 1 amide bonds. The predicted molar refractivity (Wildman–Crippen MR) is 80.3 cm³/mol. The molecule has 0 radical (unpaired) electrons. The lowest BCUT2D eigenvalue weighted by Crippen LogP contribution is -2.55. The van der Waals surface area contributed by atoms with Gasteiger partial charge < -0.3 is 11.1 Å². The number of hydrogen-bond acceptors (Lipinski definition) is 2. The minimum atomic E-state index is -0.651. The van der Waals surface area contributed by atoms with Gasteiger partial charge in [0, 0.05) is 0 Å². The zero-order valence-electron chi connectivity index (χ0n) is 11.4. The molecule has 0 aliphatic heterocycles. The molecular weight excluding hydrogens is 260 g/mol. The molecule has 0 aromatic heterocycles. The van der Waals surface area contributed by atoms with Gasteiger partial charge in [-0.2, -0.15) is 0 Å². The van der Waals surface area contributed by atoms with Crippen LogP contribution in [0, 0.1) is 0 Å². The van der Waals surface area contributed by atoms with Gasteiger partial charge in [-0.05, 0) is 25.3 Å². The Kier molecular flexibility index (Phi) is 5.83. The van der Waals surface area contributed by atoms with E-state index in [2.05, 4.69) is 5.32 Å². The second kappa shape index (κ2) is 6.92. The van der Waals surface area contributed by atoms with Gasteiger partial charge in [-0.1, -0.05) is 49.6 Å². The quantitative estimate of drug-likeness (QED) is 0.895. The predicted octanol–water partition coefficient (Wildman–Crippen LogP) is 2.95. The molecule has 1 atom stereocenters. The molecule has 3 nitrogen and oxygen atoms in total. The maximum atomic E-state index is 12.3. The molecule has 0 heterocycles. The molecule has 1 aromatic carbocycles. The molecule has 1 aliphatic carbocycles. The van der Waals surface area contributed by atoms with Crippen LogP contribution in [0.3, 0.4) is 0 Å². The van der Waals surface area contributed by atoms with Crippen LogP contribution in [0.1, 0.15) is 50.6 Å².